The van der Waals surface area contributed by atoms with E-state index in [1.807, 2.05) is 31.2 Å². The van der Waals surface area contributed by atoms with Gasteiger partial charge in [-0.3, -0.25) is 4.79 Å². The van der Waals surface area contributed by atoms with Gasteiger partial charge in [-0.25, -0.2) is 0 Å². The zero-order valence-electron chi connectivity index (χ0n) is 10.4. The van der Waals surface area contributed by atoms with Crippen LogP contribution in [0.3, 0.4) is 0 Å². The van der Waals surface area contributed by atoms with Crippen molar-refractivity contribution in [2.75, 3.05) is 18.5 Å². The molecule has 1 aromatic carbocycles. The lowest BCUT2D eigenvalue weighted by Gasteiger charge is -2.13. The lowest BCUT2D eigenvalue weighted by Crippen LogP contribution is -2.31. The van der Waals surface area contributed by atoms with Crippen LogP contribution < -0.4 is 10.6 Å². The number of anilines is 1. The monoisotopic (exact) mass is 314 g/mol. The van der Waals surface area contributed by atoms with Crippen LogP contribution in [0.4, 0.5) is 5.69 Å². The molecule has 0 fully saturated rings. The first-order chi connectivity index (χ1) is 8.61. The van der Waals surface area contributed by atoms with Gasteiger partial charge in [0.05, 0.1) is 0 Å². The van der Waals surface area contributed by atoms with Crippen molar-refractivity contribution in [1.29, 1.82) is 0 Å². The maximum atomic E-state index is 11.8. The fraction of sp³-hybridized carbons (Fsp3) is 0.462. The number of rotatable bonds is 7. The molecule has 0 radical (unpaired) electrons. The molecule has 5 heteroatoms. The van der Waals surface area contributed by atoms with Gasteiger partial charge in [-0.05, 0) is 38.1 Å². The van der Waals surface area contributed by atoms with Crippen LogP contribution >= 0.6 is 15.9 Å². The van der Waals surface area contributed by atoms with Gasteiger partial charge in [0.1, 0.15) is 0 Å². The van der Waals surface area contributed by atoms with Crippen LogP contribution in [0.2, 0.25) is 0 Å². The molecule has 0 aliphatic heterocycles. The molecule has 0 aromatic heterocycles. The second-order valence-electron chi connectivity index (χ2n) is 4.19. The topological polar surface area (TPSA) is 61.4 Å². The highest BCUT2D eigenvalue weighted by atomic mass is 79.9. The van der Waals surface area contributed by atoms with Crippen LogP contribution in [0.15, 0.2) is 28.7 Å². The number of aliphatic hydroxyl groups is 1. The van der Waals surface area contributed by atoms with Gasteiger partial charge in [0.25, 0.3) is 0 Å². The zero-order chi connectivity index (χ0) is 13.4. The number of carbonyl (C=O) groups excluding carboxylic acids is 1. The molecule has 1 rings (SSSR count). The van der Waals surface area contributed by atoms with E-state index in [0.29, 0.717) is 12.8 Å². The minimum absolute atomic E-state index is 0.0166. The van der Waals surface area contributed by atoms with E-state index in [0.717, 1.165) is 16.7 Å². The predicted octanol–water partition coefficient (Wildman–Crippen LogP) is 2.14. The van der Waals surface area contributed by atoms with Crippen molar-refractivity contribution >= 4 is 27.5 Å². The molecule has 1 unspecified atom stereocenters. The van der Waals surface area contributed by atoms with Gasteiger partial charge < -0.3 is 15.7 Å². The first kappa shape index (κ1) is 15.1. The molecule has 0 aliphatic carbocycles. The standard InChI is InChI=1S/C13H19BrN2O2/c1-10(15-6-3-7-17)8-13(18)16-12-5-2-4-11(14)9-12/h2,4-5,9-10,15,17H,3,6-8H2,1H3,(H,16,18). The third-order valence-electron chi connectivity index (χ3n) is 2.43. The average Bonchev–Trinajstić information content (AvgIpc) is 2.29. The highest BCUT2D eigenvalue weighted by Crippen LogP contribution is 2.15. The quantitative estimate of drug-likeness (QED) is 0.676. The molecule has 0 heterocycles. The van der Waals surface area contributed by atoms with Crippen molar-refractivity contribution in [2.45, 2.75) is 25.8 Å². The van der Waals surface area contributed by atoms with E-state index in [9.17, 15) is 4.79 Å². The summed E-state index contributed by atoms with van der Waals surface area (Å²) in [7, 11) is 0. The molecule has 1 atom stereocenters. The van der Waals surface area contributed by atoms with Crippen LogP contribution in [-0.2, 0) is 4.79 Å². The van der Waals surface area contributed by atoms with Gasteiger partial charge in [0.2, 0.25) is 5.91 Å². The third kappa shape index (κ3) is 6.14. The SMILES string of the molecule is CC(CC(=O)Nc1cccc(Br)c1)NCCCO. The Labute approximate surface area is 116 Å². The second kappa shape index (κ2) is 8.24. The summed E-state index contributed by atoms with van der Waals surface area (Å²) in [6.45, 7) is 2.85. The van der Waals surface area contributed by atoms with Crippen molar-refractivity contribution < 1.29 is 9.90 Å². The summed E-state index contributed by atoms with van der Waals surface area (Å²) in [6, 6.07) is 7.61. The number of carbonyl (C=O) groups is 1. The van der Waals surface area contributed by atoms with Crippen molar-refractivity contribution in [3.63, 3.8) is 0 Å². The largest absolute Gasteiger partial charge is 0.396 e. The average molecular weight is 315 g/mol. The lowest BCUT2D eigenvalue weighted by atomic mass is 10.2. The summed E-state index contributed by atoms with van der Waals surface area (Å²) in [5.41, 5.74) is 0.789. The van der Waals surface area contributed by atoms with Crippen LogP contribution in [0.5, 0.6) is 0 Å². The molecule has 100 valence electrons. The highest BCUT2D eigenvalue weighted by Gasteiger charge is 2.08. The van der Waals surface area contributed by atoms with Crippen LogP contribution in [0.25, 0.3) is 0 Å². The predicted molar refractivity (Wildman–Crippen MR) is 76.6 cm³/mol. The molecule has 18 heavy (non-hydrogen) atoms. The fourth-order valence-electron chi connectivity index (χ4n) is 1.56. The number of hydrogen-bond donors (Lipinski definition) is 3. The van der Waals surface area contributed by atoms with E-state index in [1.165, 1.54) is 0 Å². The number of halogens is 1. The molecule has 4 nitrogen and oxygen atoms in total. The summed E-state index contributed by atoms with van der Waals surface area (Å²) in [5.74, 6) is -0.0166. The van der Waals surface area contributed by atoms with E-state index < -0.39 is 0 Å². The summed E-state index contributed by atoms with van der Waals surface area (Å²) < 4.78 is 0.939. The Morgan fingerprint density at radius 2 is 2.28 bits per heavy atom. The van der Waals surface area contributed by atoms with E-state index in [2.05, 4.69) is 26.6 Å². The van der Waals surface area contributed by atoms with Crippen LogP contribution in [0.1, 0.15) is 19.8 Å². The molecular formula is C13H19BrN2O2. The van der Waals surface area contributed by atoms with Gasteiger partial charge in [0, 0.05) is 29.2 Å². The Hall–Kier alpha value is -0.910. The van der Waals surface area contributed by atoms with E-state index in [-0.39, 0.29) is 18.6 Å². The fourth-order valence-corrected chi connectivity index (χ4v) is 1.96. The first-order valence-corrected chi connectivity index (χ1v) is 6.81. The molecule has 3 N–H and O–H groups in total. The second-order valence-corrected chi connectivity index (χ2v) is 5.11. The molecule has 1 aromatic rings. The van der Waals surface area contributed by atoms with Gasteiger partial charge in [0.15, 0.2) is 0 Å². The van der Waals surface area contributed by atoms with Gasteiger partial charge in [-0.1, -0.05) is 22.0 Å². The maximum absolute atomic E-state index is 11.8. The molecule has 0 spiro atoms. The molecule has 0 saturated carbocycles. The van der Waals surface area contributed by atoms with Crippen LogP contribution in [-0.4, -0.2) is 30.2 Å². The summed E-state index contributed by atoms with van der Waals surface area (Å²) in [5, 5.41) is 14.7. The summed E-state index contributed by atoms with van der Waals surface area (Å²) in [4.78, 5) is 11.8. The normalized spacial score (nSPS) is 12.2. The Kier molecular flexibility index (Phi) is 6.93. The minimum atomic E-state index is -0.0166. The first-order valence-electron chi connectivity index (χ1n) is 6.01. The van der Waals surface area contributed by atoms with E-state index in [4.69, 9.17) is 5.11 Å². The van der Waals surface area contributed by atoms with Crippen LogP contribution in [0, 0.1) is 0 Å². The third-order valence-corrected chi connectivity index (χ3v) is 2.92. The maximum Gasteiger partial charge on any atom is 0.225 e. The molecule has 0 saturated heterocycles. The Morgan fingerprint density at radius 3 is 2.94 bits per heavy atom. The number of aliphatic hydroxyl groups excluding tert-OH is 1. The molecular weight excluding hydrogens is 296 g/mol. The lowest BCUT2D eigenvalue weighted by molar-refractivity contribution is -0.116. The number of benzene rings is 1. The number of hydrogen-bond acceptors (Lipinski definition) is 3. The van der Waals surface area contributed by atoms with Crippen molar-refractivity contribution in [3.05, 3.63) is 28.7 Å². The number of nitrogens with one attached hydrogen (secondary N) is 2. The Bertz CT molecular complexity index is 385. The number of amides is 1. The van der Waals surface area contributed by atoms with Gasteiger partial charge >= 0.3 is 0 Å². The summed E-state index contributed by atoms with van der Waals surface area (Å²) in [6.07, 6.45) is 1.12. The Morgan fingerprint density at radius 1 is 1.50 bits per heavy atom. The minimum Gasteiger partial charge on any atom is -0.396 e. The zero-order valence-corrected chi connectivity index (χ0v) is 12.0. The van der Waals surface area contributed by atoms with Crippen molar-refractivity contribution in [1.82, 2.24) is 5.32 Å². The van der Waals surface area contributed by atoms with Gasteiger partial charge in [-0.15, -0.1) is 0 Å². The van der Waals surface area contributed by atoms with Gasteiger partial charge in [-0.2, -0.15) is 0 Å². The highest BCUT2D eigenvalue weighted by molar-refractivity contribution is 9.10. The van der Waals surface area contributed by atoms with E-state index in [1.54, 1.807) is 0 Å². The van der Waals surface area contributed by atoms with Crippen molar-refractivity contribution in [3.8, 4) is 0 Å². The molecule has 0 aliphatic rings. The summed E-state index contributed by atoms with van der Waals surface area (Å²) >= 11 is 3.36. The molecule has 1 amide bonds. The van der Waals surface area contributed by atoms with E-state index >= 15 is 0 Å². The van der Waals surface area contributed by atoms with Crippen molar-refractivity contribution in [2.24, 2.45) is 0 Å². The molecule has 0 bridgehead atoms. The Balaban J connectivity index is 2.32. The smallest absolute Gasteiger partial charge is 0.225 e.